The van der Waals surface area contributed by atoms with Crippen molar-refractivity contribution >= 4 is 33.1 Å². The molecule has 1 aromatic heterocycles. The lowest BCUT2D eigenvalue weighted by Crippen LogP contribution is -2.49. The summed E-state index contributed by atoms with van der Waals surface area (Å²) in [6.45, 7) is 3.52. The monoisotopic (exact) mass is 470 g/mol. The lowest BCUT2D eigenvalue weighted by Gasteiger charge is -2.27. The van der Waals surface area contributed by atoms with Crippen molar-refractivity contribution in [1.29, 1.82) is 0 Å². The third-order valence-corrected chi connectivity index (χ3v) is 9.03. The first kappa shape index (κ1) is 22.3. The zero-order valence-electron chi connectivity index (χ0n) is 17.5. The Morgan fingerprint density at radius 2 is 1.66 bits per heavy atom. The van der Waals surface area contributed by atoms with Gasteiger partial charge in [0.2, 0.25) is 0 Å². The standard InChI is InChI=1S/C23H22N2O5S2/c1-14(2)20(22(27)24-28)25-13-18-12-19(31-23(18)32(25,29)30)15-8-10-17(11-9-15)21(26)16-6-4-3-5-7-16/h3-12,14,20,28H,13H2,1-2H3,(H,24,27)/t20-/m1/s1. The Kier molecular flexibility index (Phi) is 6.00. The Morgan fingerprint density at radius 1 is 1.03 bits per heavy atom. The Bertz CT molecular complexity index is 1270. The predicted molar refractivity (Wildman–Crippen MR) is 121 cm³/mol. The first-order chi connectivity index (χ1) is 15.2. The number of sulfonamides is 1. The zero-order chi connectivity index (χ0) is 23.0. The van der Waals surface area contributed by atoms with Gasteiger partial charge < -0.3 is 0 Å². The van der Waals surface area contributed by atoms with Crippen molar-refractivity contribution in [1.82, 2.24) is 9.79 Å². The first-order valence-corrected chi connectivity index (χ1v) is 12.3. The number of benzene rings is 2. The van der Waals surface area contributed by atoms with E-state index in [1.54, 1.807) is 61.8 Å². The topological polar surface area (TPSA) is 104 Å². The molecule has 0 spiro atoms. The van der Waals surface area contributed by atoms with Crippen molar-refractivity contribution in [3.05, 3.63) is 77.4 Å². The van der Waals surface area contributed by atoms with E-state index in [9.17, 15) is 18.0 Å². The van der Waals surface area contributed by atoms with Crippen LogP contribution in [0.5, 0.6) is 0 Å². The molecule has 3 aromatic rings. The third kappa shape index (κ3) is 3.88. The molecule has 1 atom stereocenters. The van der Waals surface area contributed by atoms with Gasteiger partial charge in [0.05, 0.1) is 0 Å². The van der Waals surface area contributed by atoms with Crippen LogP contribution in [-0.4, -0.2) is 35.7 Å². The highest BCUT2D eigenvalue weighted by molar-refractivity contribution is 7.91. The molecule has 2 N–H and O–H groups in total. The molecular formula is C23H22N2O5S2. The Hall–Kier alpha value is -2.85. The first-order valence-electron chi connectivity index (χ1n) is 10.0. The van der Waals surface area contributed by atoms with E-state index in [1.807, 2.05) is 18.2 Å². The van der Waals surface area contributed by atoms with E-state index in [-0.39, 0.29) is 22.5 Å². The van der Waals surface area contributed by atoms with E-state index in [0.29, 0.717) is 16.7 Å². The lowest BCUT2D eigenvalue weighted by molar-refractivity contribution is -0.134. The second kappa shape index (κ2) is 8.59. The molecule has 0 fully saturated rings. The van der Waals surface area contributed by atoms with Crippen LogP contribution in [0, 0.1) is 5.92 Å². The summed E-state index contributed by atoms with van der Waals surface area (Å²) in [5.74, 6) is -1.15. The summed E-state index contributed by atoms with van der Waals surface area (Å²) in [4.78, 5) is 25.5. The lowest BCUT2D eigenvalue weighted by atomic mass is 10.0. The van der Waals surface area contributed by atoms with Gasteiger partial charge in [-0.1, -0.05) is 68.4 Å². The summed E-state index contributed by atoms with van der Waals surface area (Å²) in [7, 11) is -3.86. The van der Waals surface area contributed by atoms with Gasteiger partial charge in [-0.2, -0.15) is 4.31 Å². The quantitative estimate of drug-likeness (QED) is 0.325. The zero-order valence-corrected chi connectivity index (χ0v) is 19.1. The molecule has 32 heavy (non-hydrogen) atoms. The number of fused-ring (bicyclic) bond motifs is 1. The number of nitrogens with zero attached hydrogens (tertiary/aromatic N) is 1. The highest BCUT2D eigenvalue weighted by Gasteiger charge is 2.44. The molecule has 0 radical (unpaired) electrons. The van der Waals surface area contributed by atoms with E-state index < -0.39 is 22.0 Å². The predicted octanol–water partition coefficient (Wildman–Crippen LogP) is 3.68. The number of thiophene rings is 1. The number of rotatable bonds is 6. The van der Waals surface area contributed by atoms with Crippen LogP contribution < -0.4 is 5.48 Å². The van der Waals surface area contributed by atoms with Gasteiger partial charge in [0.25, 0.3) is 15.9 Å². The van der Waals surface area contributed by atoms with Gasteiger partial charge in [-0.3, -0.25) is 14.8 Å². The van der Waals surface area contributed by atoms with E-state index in [1.165, 1.54) is 0 Å². The van der Waals surface area contributed by atoms with Crippen molar-refractivity contribution in [3.8, 4) is 10.4 Å². The minimum Gasteiger partial charge on any atom is -0.289 e. The molecule has 2 aromatic carbocycles. The molecule has 0 bridgehead atoms. The van der Waals surface area contributed by atoms with Gasteiger partial charge in [-0.15, -0.1) is 11.3 Å². The van der Waals surface area contributed by atoms with Gasteiger partial charge in [0, 0.05) is 22.5 Å². The van der Waals surface area contributed by atoms with Crippen LogP contribution in [0.25, 0.3) is 10.4 Å². The van der Waals surface area contributed by atoms with E-state index in [0.717, 1.165) is 26.1 Å². The number of ketones is 1. The van der Waals surface area contributed by atoms with Crippen LogP contribution in [0.4, 0.5) is 0 Å². The third-order valence-electron chi connectivity index (χ3n) is 5.43. The molecule has 0 saturated carbocycles. The second-order valence-corrected chi connectivity index (χ2v) is 11.0. The smallest absolute Gasteiger partial charge is 0.262 e. The number of hydrogen-bond donors (Lipinski definition) is 2. The van der Waals surface area contributed by atoms with Crippen LogP contribution >= 0.6 is 11.3 Å². The largest absolute Gasteiger partial charge is 0.289 e. The van der Waals surface area contributed by atoms with Gasteiger partial charge >= 0.3 is 0 Å². The molecule has 7 nitrogen and oxygen atoms in total. The average Bonchev–Trinajstić information content (AvgIpc) is 3.32. The molecule has 0 aliphatic carbocycles. The molecule has 4 rings (SSSR count). The normalized spacial score (nSPS) is 16.0. The number of hydroxylamine groups is 1. The van der Waals surface area contributed by atoms with Gasteiger partial charge in [0.1, 0.15) is 10.3 Å². The van der Waals surface area contributed by atoms with E-state index in [2.05, 4.69) is 0 Å². The summed E-state index contributed by atoms with van der Waals surface area (Å²) in [5.41, 5.74) is 4.16. The maximum atomic E-state index is 13.1. The fourth-order valence-electron chi connectivity index (χ4n) is 3.86. The molecule has 9 heteroatoms. The maximum Gasteiger partial charge on any atom is 0.262 e. The molecule has 1 aliphatic rings. The minimum atomic E-state index is -3.86. The number of carbonyl (C=O) groups excluding carboxylic acids is 2. The SMILES string of the molecule is CC(C)[C@H](C(=O)NO)N1Cc2cc(-c3ccc(C(=O)c4ccccc4)cc3)sc2S1(=O)=O. The van der Waals surface area contributed by atoms with Crippen molar-refractivity contribution in [2.24, 2.45) is 5.92 Å². The minimum absolute atomic E-state index is 0.0645. The Morgan fingerprint density at radius 3 is 2.22 bits per heavy atom. The van der Waals surface area contributed by atoms with E-state index >= 15 is 0 Å². The molecule has 1 amide bonds. The van der Waals surface area contributed by atoms with Gasteiger partial charge in [-0.25, -0.2) is 13.9 Å². The number of carbonyl (C=O) groups is 2. The van der Waals surface area contributed by atoms with Crippen molar-refractivity contribution in [2.45, 2.75) is 30.6 Å². The van der Waals surface area contributed by atoms with Crippen molar-refractivity contribution < 1.29 is 23.2 Å². The number of hydrogen-bond acceptors (Lipinski definition) is 6. The van der Waals surface area contributed by atoms with E-state index in [4.69, 9.17) is 5.21 Å². The van der Waals surface area contributed by atoms with Crippen molar-refractivity contribution in [2.75, 3.05) is 0 Å². The summed E-state index contributed by atoms with van der Waals surface area (Å²) in [5, 5.41) is 9.04. The number of amides is 1. The molecule has 2 heterocycles. The van der Waals surface area contributed by atoms with Gasteiger partial charge in [0.15, 0.2) is 5.78 Å². The molecule has 0 saturated heterocycles. The summed E-state index contributed by atoms with van der Waals surface area (Å²) >= 11 is 1.14. The van der Waals surface area contributed by atoms with Crippen LogP contribution in [0.1, 0.15) is 35.3 Å². The average molecular weight is 471 g/mol. The highest BCUT2D eigenvalue weighted by Crippen LogP contribution is 2.42. The van der Waals surface area contributed by atoms with Crippen LogP contribution in [-0.2, 0) is 21.4 Å². The van der Waals surface area contributed by atoms with Gasteiger partial charge in [-0.05, 0) is 23.1 Å². The molecule has 0 unspecified atom stereocenters. The maximum absolute atomic E-state index is 13.1. The summed E-state index contributed by atoms with van der Waals surface area (Å²) in [6, 6.07) is 16.9. The Labute approximate surface area is 190 Å². The summed E-state index contributed by atoms with van der Waals surface area (Å²) in [6.07, 6.45) is 0. The molecule has 166 valence electrons. The number of nitrogens with one attached hydrogen (secondary N) is 1. The van der Waals surface area contributed by atoms with Crippen LogP contribution in [0.15, 0.2) is 64.9 Å². The van der Waals surface area contributed by atoms with Crippen LogP contribution in [0.2, 0.25) is 0 Å². The highest BCUT2D eigenvalue weighted by atomic mass is 32.2. The fraction of sp³-hybridized carbons (Fsp3) is 0.217. The summed E-state index contributed by atoms with van der Waals surface area (Å²) < 4.78 is 27.6. The second-order valence-electron chi connectivity index (χ2n) is 7.91. The molecular weight excluding hydrogens is 448 g/mol. The van der Waals surface area contributed by atoms with Crippen LogP contribution in [0.3, 0.4) is 0 Å². The Balaban J connectivity index is 1.60. The fourth-order valence-corrected chi connectivity index (χ4v) is 7.37. The molecule has 1 aliphatic heterocycles. The van der Waals surface area contributed by atoms with Crippen molar-refractivity contribution in [3.63, 3.8) is 0 Å².